The van der Waals surface area contributed by atoms with Gasteiger partial charge in [0.05, 0.1) is 18.4 Å². The number of methoxy groups -OCH3 is 1. The summed E-state index contributed by atoms with van der Waals surface area (Å²) >= 11 is 0. The third kappa shape index (κ3) is 1.47. The van der Waals surface area contributed by atoms with Gasteiger partial charge >= 0.3 is 0 Å². The molecule has 1 rings (SSSR count). The van der Waals surface area contributed by atoms with Crippen LogP contribution in [0.4, 0.5) is 14.5 Å². The molecular formula is C8H9F2NO. The number of benzene rings is 1. The highest BCUT2D eigenvalue weighted by Crippen LogP contribution is 2.33. The van der Waals surface area contributed by atoms with Crippen LogP contribution in [0.25, 0.3) is 0 Å². The first-order valence-electron chi connectivity index (χ1n) is 3.37. The fourth-order valence-electron chi connectivity index (χ4n) is 0.981. The Morgan fingerprint density at radius 2 is 2.08 bits per heavy atom. The average Bonchev–Trinajstić information content (AvgIpc) is 2.03. The minimum Gasteiger partial charge on any atom is -0.494 e. The molecule has 1 aromatic rings. The van der Waals surface area contributed by atoms with E-state index in [-0.39, 0.29) is 17.0 Å². The second kappa shape index (κ2) is 3.38. The molecule has 0 radical (unpaired) electrons. The van der Waals surface area contributed by atoms with Gasteiger partial charge in [-0.25, -0.2) is 8.78 Å². The Balaban J connectivity index is 3.18. The van der Waals surface area contributed by atoms with Gasteiger partial charge in [-0.05, 0) is 12.1 Å². The highest BCUT2D eigenvalue weighted by molar-refractivity contribution is 5.57. The topological polar surface area (TPSA) is 35.2 Å². The maximum Gasteiger partial charge on any atom is 0.267 e. The number of rotatable bonds is 2. The van der Waals surface area contributed by atoms with Crippen LogP contribution in [-0.2, 0) is 0 Å². The van der Waals surface area contributed by atoms with Crippen molar-refractivity contribution >= 4 is 5.69 Å². The quantitative estimate of drug-likeness (QED) is 0.696. The van der Waals surface area contributed by atoms with Crippen LogP contribution in [0.15, 0.2) is 18.2 Å². The van der Waals surface area contributed by atoms with E-state index in [0.717, 1.165) is 0 Å². The maximum absolute atomic E-state index is 12.3. The highest BCUT2D eigenvalue weighted by atomic mass is 19.3. The molecule has 0 aliphatic rings. The van der Waals surface area contributed by atoms with Gasteiger partial charge in [-0.15, -0.1) is 0 Å². The Morgan fingerprint density at radius 1 is 1.42 bits per heavy atom. The summed E-state index contributed by atoms with van der Waals surface area (Å²) in [6.07, 6.45) is -2.55. The SMILES string of the molecule is COc1c(N)cccc1C(F)F. The van der Waals surface area contributed by atoms with Crippen molar-refractivity contribution < 1.29 is 13.5 Å². The van der Waals surface area contributed by atoms with Gasteiger partial charge in [0.2, 0.25) is 0 Å². The van der Waals surface area contributed by atoms with Crippen LogP contribution in [0.3, 0.4) is 0 Å². The van der Waals surface area contributed by atoms with Crippen molar-refractivity contribution in [1.29, 1.82) is 0 Å². The third-order valence-electron chi connectivity index (χ3n) is 1.52. The lowest BCUT2D eigenvalue weighted by atomic mass is 10.2. The predicted molar refractivity (Wildman–Crippen MR) is 42.4 cm³/mol. The number of alkyl halides is 2. The molecule has 66 valence electrons. The van der Waals surface area contributed by atoms with Crippen LogP contribution in [0.1, 0.15) is 12.0 Å². The number of halogens is 2. The molecule has 0 amide bonds. The monoisotopic (exact) mass is 173 g/mol. The van der Waals surface area contributed by atoms with Gasteiger partial charge in [0.1, 0.15) is 0 Å². The molecule has 0 unspecified atom stereocenters. The van der Waals surface area contributed by atoms with Gasteiger partial charge in [-0.3, -0.25) is 0 Å². The van der Waals surface area contributed by atoms with Crippen molar-refractivity contribution in [2.24, 2.45) is 0 Å². The Bertz CT molecular complexity index is 276. The second-order valence-corrected chi connectivity index (χ2v) is 2.27. The summed E-state index contributed by atoms with van der Waals surface area (Å²) in [5.74, 6) is 0.0625. The first kappa shape index (κ1) is 8.77. The van der Waals surface area contributed by atoms with Crippen LogP contribution in [0.2, 0.25) is 0 Å². The van der Waals surface area contributed by atoms with Gasteiger partial charge in [-0.1, -0.05) is 6.07 Å². The molecular weight excluding hydrogens is 164 g/mol. The van der Waals surface area contributed by atoms with Crippen LogP contribution in [-0.4, -0.2) is 7.11 Å². The van der Waals surface area contributed by atoms with Crippen LogP contribution in [0, 0.1) is 0 Å². The van der Waals surface area contributed by atoms with Gasteiger partial charge < -0.3 is 10.5 Å². The number of hydrogen-bond donors (Lipinski definition) is 1. The van der Waals surface area contributed by atoms with Crippen molar-refractivity contribution in [3.8, 4) is 5.75 Å². The predicted octanol–water partition coefficient (Wildman–Crippen LogP) is 2.21. The van der Waals surface area contributed by atoms with Crippen molar-refractivity contribution in [3.63, 3.8) is 0 Å². The number of nitrogens with two attached hydrogens (primary N) is 1. The Kier molecular flexibility index (Phi) is 2.47. The third-order valence-corrected chi connectivity index (χ3v) is 1.52. The van der Waals surface area contributed by atoms with Crippen LogP contribution in [0.5, 0.6) is 5.75 Å². The smallest absolute Gasteiger partial charge is 0.267 e. The molecule has 0 fully saturated rings. The number of para-hydroxylation sites is 1. The summed E-state index contributed by atoms with van der Waals surface area (Å²) in [7, 11) is 1.32. The molecule has 0 saturated heterocycles. The summed E-state index contributed by atoms with van der Waals surface area (Å²) in [4.78, 5) is 0. The maximum atomic E-state index is 12.3. The molecule has 4 heteroatoms. The Labute approximate surface area is 68.9 Å². The molecule has 0 aromatic heterocycles. The zero-order valence-electron chi connectivity index (χ0n) is 6.55. The van der Waals surface area contributed by atoms with E-state index in [9.17, 15) is 8.78 Å². The van der Waals surface area contributed by atoms with E-state index in [1.54, 1.807) is 0 Å². The van der Waals surface area contributed by atoms with Crippen molar-refractivity contribution in [1.82, 2.24) is 0 Å². The van der Waals surface area contributed by atoms with E-state index < -0.39 is 6.43 Å². The number of ether oxygens (including phenoxy) is 1. The van der Waals surface area contributed by atoms with Crippen LogP contribution >= 0.6 is 0 Å². The summed E-state index contributed by atoms with van der Waals surface area (Å²) in [5, 5.41) is 0. The second-order valence-electron chi connectivity index (χ2n) is 2.27. The minimum atomic E-state index is -2.55. The molecule has 0 aliphatic carbocycles. The molecule has 0 heterocycles. The first-order valence-corrected chi connectivity index (χ1v) is 3.37. The Morgan fingerprint density at radius 3 is 2.50 bits per heavy atom. The van der Waals surface area contributed by atoms with Gasteiger partial charge in [0, 0.05) is 0 Å². The number of hydrogen-bond acceptors (Lipinski definition) is 2. The fourth-order valence-corrected chi connectivity index (χ4v) is 0.981. The average molecular weight is 173 g/mol. The van der Waals surface area contributed by atoms with E-state index >= 15 is 0 Å². The summed E-state index contributed by atoms with van der Waals surface area (Å²) in [6, 6.07) is 4.28. The zero-order valence-corrected chi connectivity index (χ0v) is 6.55. The summed E-state index contributed by atoms with van der Waals surface area (Å²) in [5.41, 5.74) is 5.47. The Hall–Kier alpha value is -1.32. The molecule has 0 atom stereocenters. The number of anilines is 1. The van der Waals surface area contributed by atoms with E-state index in [1.165, 1.54) is 25.3 Å². The van der Waals surface area contributed by atoms with Gasteiger partial charge in [-0.2, -0.15) is 0 Å². The van der Waals surface area contributed by atoms with Gasteiger partial charge in [0.25, 0.3) is 6.43 Å². The molecule has 12 heavy (non-hydrogen) atoms. The van der Waals surface area contributed by atoms with E-state index in [0.29, 0.717) is 0 Å². The lowest BCUT2D eigenvalue weighted by molar-refractivity contribution is 0.147. The van der Waals surface area contributed by atoms with Gasteiger partial charge in [0.15, 0.2) is 5.75 Å². The largest absolute Gasteiger partial charge is 0.494 e. The van der Waals surface area contributed by atoms with E-state index in [4.69, 9.17) is 10.5 Å². The first-order chi connectivity index (χ1) is 5.66. The summed E-state index contributed by atoms with van der Waals surface area (Å²) < 4.78 is 29.3. The molecule has 0 spiro atoms. The molecule has 2 N–H and O–H groups in total. The lowest BCUT2D eigenvalue weighted by Crippen LogP contribution is -1.97. The normalized spacial score (nSPS) is 10.3. The van der Waals surface area contributed by atoms with E-state index in [1.807, 2.05) is 0 Å². The lowest BCUT2D eigenvalue weighted by Gasteiger charge is -2.09. The van der Waals surface area contributed by atoms with Crippen molar-refractivity contribution in [2.75, 3.05) is 12.8 Å². The molecule has 2 nitrogen and oxygen atoms in total. The number of nitrogen functional groups attached to an aromatic ring is 1. The van der Waals surface area contributed by atoms with Crippen LogP contribution < -0.4 is 10.5 Å². The molecule has 0 bridgehead atoms. The van der Waals surface area contributed by atoms with Crippen molar-refractivity contribution in [3.05, 3.63) is 23.8 Å². The molecule has 1 aromatic carbocycles. The van der Waals surface area contributed by atoms with Crippen molar-refractivity contribution in [2.45, 2.75) is 6.43 Å². The van der Waals surface area contributed by atoms with E-state index in [2.05, 4.69) is 0 Å². The standard InChI is InChI=1S/C8H9F2NO/c1-12-7-5(8(9)10)3-2-4-6(7)11/h2-4,8H,11H2,1H3. The fraction of sp³-hybridized carbons (Fsp3) is 0.250. The minimum absolute atomic E-state index is 0.0625. The summed E-state index contributed by atoms with van der Waals surface area (Å²) in [6.45, 7) is 0. The molecule has 0 saturated carbocycles. The highest BCUT2D eigenvalue weighted by Gasteiger charge is 2.14. The molecule has 0 aliphatic heterocycles. The zero-order chi connectivity index (χ0) is 9.14.